The lowest BCUT2D eigenvalue weighted by molar-refractivity contribution is -0.277. The normalized spacial score (nSPS) is 19.2. The van der Waals surface area contributed by atoms with Crippen LogP contribution in [0, 0.1) is 5.92 Å². The van der Waals surface area contributed by atoms with E-state index < -0.39 is 11.9 Å². The summed E-state index contributed by atoms with van der Waals surface area (Å²) >= 11 is 6.38. The van der Waals surface area contributed by atoms with E-state index in [1.165, 1.54) is 7.11 Å². The van der Waals surface area contributed by atoms with Gasteiger partial charge in [0, 0.05) is 34.0 Å². The first-order valence-electron chi connectivity index (χ1n) is 8.51. The van der Waals surface area contributed by atoms with Gasteiger partial charge in [-0.25, -0.2) is 14.6 Å². The molecule has 0 amide bonds. The van der Waals surface area contributed by atoms with Gasteiger partial charge in [-0.2, -0.15) is 0 Å². The largest absolute Gasteiger partial charge is 0.478 e. The highest BCUT2D eigenvalue weighted by molar-refractivity contribution is 6.31. The van der Waals surface area contributed by atoms with Crippen molar-refractivity contribution in [3.05, 3.63) is 56.6 Å². The van der Waals surface area contributed by atoms with E-state index in [9.17, 15) is 9.90 Å². The molecule has 0 spiro atoms. The van der Waals surface area contributed by atoms with E-state index in [0.29, 0.717) is 22.0 Å². The molecule has 1 aliphatic rings. The third-order valence-corrected chi connectivity index (χ3v) is 4.69. The van der Waals surface area contributed by atoms with Crippen molar-refractivity contribution in [1.29, 1.82) is 0 Å². The maximum atomic E-state index is 12.2. The van der Waals surface area contributed by atoms with Gasteiger partial charge in [0.15, 0.2) is 0 Å². The first-order valence-corrected chi connectivity index (χ1v) is 8.89. The zero-order valence-corrected chi connectivity index (χ0v) is 16.3. The number of carbonyl (C=O) groups is 1. The van der Waals surface area contributed by atoms with Gasteiger partial charge >= 0.3 is 5.97 Å². The Labute approximate surface area is 167 Å². The molecule has 28 heavy (non-hydrogen) atoms. The lowest BCUT2D eigenvalue weighted by Gasteiger charge is -2.32. The van der Waals surface area contributed by atoms with Crippen LogP contribution in [-0.4, -0.2) is 50.3 Å². The summed E-state index contributed by atoms with van der Waals surface area (Å²) in [5.41, 5.74) is 10.0. The second-order valence-electron chi connectivity index (χ2n) is 5.98. The second-order valence-corrected chi connectivity index (χ2v) is 6.39. The summed E-state index contributed by atoms with van der Waals surface area (Å²) in [5.74, 6) is -2.08. The summed E-state index contributed by atoms with van der Waals surface area (Å²) in [5, 5.41) is 13.8. The average Bonchev–Trinajstić information content (AvgIpc) is 2.66. The summed E-state index contributed by atoms with van der Waals surface area (Å²) < 4.78 is 5.45. The van der Waals surface area contributed by atoms with Crippen LogP contribution in [0.1, 0.15) is 18.4 Å². The molecule has 0 aromatic heterocycles. The van der Waals surface area contributed by atoms with Gasteiger partial charge in [-0.15, -0.1) is 0 Å². The molecular weight excluding hydrogens is 388 g/mol. The van der Waals surface area contributed by atoms with Crippen molar-refractivity contribution in [2.75, 3.05) is 33.5 Å². The number of aliphatic imine (C=N–C) groups is 1. The van der Waals surface area contributed by atoms with Crippen LogP contribution < -0.4 is 0 Å². The Bertz CT molecular complexity index is 820. The van der Waals surface area contributed by atoms with Gasteiger partial charge < -0.3 is 9.84 Å². The smallest absolute Gasteiger partial charge is 0.334 e. The second kappa shape index (κ2) is 10.8. The Hall–Kier alpha value is -2.42. The minimum atomic E-state index is -1.11. The zero-order chi connectivity index (χ0) is 20.5. The lowest BCUT2D eigenvalue weighted by Crippen LogP contribution is -2.34. The molecule has 0 saturated carbocycles. The van der Waals surface area contributed by atoms with E-state index in [0.717, 1.165) is 0 Å². The van der Waals surface area contributed by atoms with Gasteiger partial charge in [0.05, 0.1) is 38.2 Å². The number of carboxylic acid groups (broad SMARTS) is 1. The number of benzene rings is 1. The van der Waals surface area contributed by atoms with Crippen molar-refractivity contribution < 1.29 is 24.4 Å². The molecule has 1 aliphatic heterocycles. The number of ether oxygens (including phenoxy) is 1. The highest BCUT2D eigenvalue weighted by Gasteiger charge is 2.39. The van der Waals surface area contributed by atoms with Crippen molar-refractivity contribution >= 4 is 23.3 Å². The van der Waals surface area contributed by atoms with E-state index in [1.807, 2.05) is 0 Å². The molecule has 0 bridgehead atoms. The standard InChI is InChI=1S/C18H21ClN4O5/c1-11-13(9-28-26-2)16(12-5-3-4-6-14(12)19)17(18(24)25)15(22-11)10-27-8-7-21-23-20/h3-6,13,16H,7-10H2,1-2H3,(H,24,25). The monoisotopic (exact) mass is 408 g/mol. The third kappa shape index (κ3) is 5.31. The van der Waals surface area contributed by atoms with Crippen molar-refractivity contribution in [1.82, 2.24) is 0 Å². The van der Waals surface area contributed by atoms with Crippen LogP contribution in [0.5, 0.6) is 0 Å². The molecule has 9 nitrogen and oxygen atoms in total. The van der Waals surface area contributed by atoms with Crippen LogP contribution in [0.15, 0.2) is 45.6 Å². The first kappa shape index (κ1) is 21.9. The van der Waals surface area contributed by atoms with Gasteiger partial charge in [0.2, 0.25) is 0 Å². The fourth-order valence-corrected chi connectivity index (χ4v) is 3.37. The number of rotatable bonds is 10. The third-order valence-electron chi connectivity index (χ3n) is 4.35. The summed E-state index contributed by atoms with van der Waals surface area (Å²) in [6.07, 6.45) is 0. The predicted molar refractivity (Wildman–Crippen MR) is 103 cm³/mol. The molecule has 0 fully saturated rings. The van der Waals surface area contributed by atoms with Crippen molar-refractivity contribution in [2.45, 2.75) is 12.8 Å². The number of nitrogens with zero attached hydrogens (tertiary/aromatic N) is 4. The zero-order valence-electron chi connectivity index (χ0n) is 15.5. The minimum Gasteiger partial charge on any atom is -0.478 e. The number of hydrogen-bond donors (Lipinski definition) is 1. The van der Waals surface area contributed by atoms with E-state index in [2.05, 4.69) is 15.0 Å². The van der Waals surface area contributed by atoms with Crippen LogP contribution in [-0.2, 0) is 19.3 Å². The SMILES string of the molecule is COOCC1C(C)=NC(COCCN=[N+]=[N-])=C(C(=O)O)C1c1ccccc1Cl. The first-order chi connectivity index (χ1) is 13.5. The molecule has 10 heteroatoms. The molecule has 1 aromatic rings. The molecule has 2 unspecified atom stereocenters. The molecule has 2 rings (SSSR count). The van der Waals surface area contributed by atoms with Gasteiger partial charge in [-0.05, 0) is 24.1 Å². The lowest BCUT2D eigenvalue weighted by atomic mass is 9.76. The highest BCUT2D eigenvalue weighted by atomic mass is 35.5. The maximum Gasteiger partial charge on any atom is 0.334 e. The van der Waals surface area contributed by atoms with Crippen molar-refractivity contribution in [3.63, 3.8) is 0 Å². The van der Waals surface area contributed by atoms with E-state index in [-0.39, 0.29) is 37.9 Å². The van der Waals surface area contributed by atoms with Gasteiger partial charge in [0.1, 0.15) is 0 Å². The van der Waals surface area contributed by atoms with E-state index in [1.54, 1.807) is 31.2 Å². The summed E-state index contributed by atoms with van der Waals surface area (Å²) in [6, 6.07) is 7.07. The molecule has 0 saturated heterocycles. The fourth-order valence-electron chi connectivity index (χ4n) is 3.12. The molecule has 1 aromatic carbocycles. The number of halogens is 1. The predicted octanol–water partition coefficient (Wildman–Crippen LogP) is 3.76. The van der Waals surface area contributed by atoms with Crippen molar-refractivity contribution in [3.8, 4) is 0 Å². The molecule has 1 N–H and O–H groups in total. The summed E-state index contributed by atoms with van der Waals surface area (Å²) in [7, 11) is 1.39. The number of hydrogen-bond acceptors (Lipinski definition) is 6. The fraction of sp³-hybridized carbons (Fsp3) is 0.444. The molecule has 1 heterocycles. The van der Waals surface area contributed by atoms with Gasteiger partial charge in [-0.3, -0.25) is 4.99 Å². The Morgan fingerprint density at radius 3 is 2.82 bits per heavy atom. The Morgan fingerprint density at radius 1 is 1.43 bits per heavy atom. The topological polar surface area (TPSA) is 126 Å². The van der Waals surface area contributed by atoms with E-state index in [4.69, 9.17) is 31.6 Å². The van der Waals surface area contributed by atoms with Crippen LogP contribution >= 0.6 is 11.6 Å². The summed E-state index contributed by atoms with van der Waals surface area (Å²) in [6.45, 7) is 2.18. The van der Waals surface area contributed by atoms with E-state index >= 15 is 0 Å². The maximum absolute atomic E-state index is 12.2. The number of carboxylic acids is 1. The summed E-state index contributed by atoms with van der Waals surface area (Å²) in [4.78, 5) is 29.1. The number of aliphatic carboxylic acids is 1. The van der Waals surface area contributed by atoms with Crippen LogP contribution in [0.25, 0.3) is 10.4 Å². The molecule has 150 valence electrons. The van der Waals surface area contributed by atoms with Crippen LogP contribution in [0.2, 0.25) is 5.02 Å². The minimum absolute atomic E-state index is 0.0290. The van der Waals surface area contributed by atoms with Gasteiger partial charge in [0.25, 0.3) is 0 Å². The molecular formula is C18H21ClN4O5. The Balaban J connectivity index is 2.45. The van der Waals surface area contributed by atoms with Gasteiger partial charge in [-0.1, -0.05) is 34.9 Å². The average molecular weight is 409 g/mol. The number of azide groups is 1. The van der Waals surface area contributed by atoms with Crippen molar-refractivity contribution in [2.24, 2.45) is 16.0 Å². The molecule has 0 aliphatic carbocycles. The van der Waals surface area contributed by atoms with Crippen LogP contribution in [0.4, 0.5) is 0 Å². The Morgan fingerprint density at radius 2 is 2.18 bits per heavy atom. The molecule has 2 atom stereocenters. The quantitative estimate of drug-likeness (QED) is 0.157. The molecule has 0 radical (unpaired) electrons. The highest BCUT2D eigenvalue weighted by Crippen LogP contribution is 2.41. The Kier molecular flexibility index (Phi) is 8.43. The van der Waals surface area contributed by atoms with Crippen LogP contribution in [0.3, 0.4) is 0 Å².